The molecule has 1 atom stereocenters. The van der Waals surface area contributed by atoms with Crippen molar-refractivity contribution in [3.05, 3.63) is 0 Å². The van der Waals surface area contributed by atoms with Gasteiger partial charge in [0, 0.05) is 19.6 Å². The Kier molecular flexibility index (Phi) is 5.98. The number of aromatic nitrogens is 3. The van der Waals surface area contributed by atoms with Crippen LogP contribution >= 0.6 is 0 Å². The SMILES string of the molecule is CCCOc1nc(NC)nc(NCC(C)N2CCCC2)n1. The molecule has 0 aliphatic carbocycles. The molecule has 21 heavy (non-hydrogen) atoms. The summed E-state index contributed by atoms with van der Waals surface area (Å²) < 4.78 is 5.49. The molecule has 0 aromatic carbocycles. The summed E-state index contributed by atoms with van der Waals surface area (Å²) in [5.41, 5.74) is 0. The number of nitrogens with zero attached hydrogens (tertiary/aromatic N) is 4. The predicted molar refractivity (Wildman–Crippen MR) is 83.9 cm³/mol. The second-order valence-electron chi connectivity index (χ2n) is 5.34. The van der Waals surface area contributed by atoms with E-state index in [1.54, 1.807) is 7.05 Å². The summed E-state index contributed by atoms with van der Waals surface area (Å²) in [5.74, 6) is 1.08. The Hall–Kier alpha value is -1.63. The second kappa shape index (κ2) is 7.97. The third kappa shape index (κ3) is 4.70. The van der Waals surface area contributed by atoms with Crippen LogP contribution < -0.4 is 15.4 Å². The number of ether oxygens (including phenoxy) is 1. The summed E-state index contributed by atoms with van der Waals surface area (Å²) in [6.07, 6.45) is 3.53. The summed E-state index contributed by atoms with van der Waals surface area (Å²) in [6.45, 7) is 8.08. The van der Waals surface area contributed by atoms with Crippen LogP contribution in [0.5, 0.6) is 6.01 Å². The number of rotatable bonds is 8. The van der Waals surface area contributed by atoms with Crippen LogP contribution in [0.15, 0.2) is 0 Å². The predicted octanol–water partition coefficient (Wildman–Crippen LogP) is 1.60. The van der Waals surface area contributed by atoms with Gasteiger partial charge in [-0.2, -0.15) is 15.0 Å². The average molecular weight is 294 g/mol. The number of hydrogen-bond donors (Lipinski definition) is 2. The summed E-state index contributed by atoms with van der Waals surface area (Å²) >= 11 is 0. The second-order valence-corrected chi connectivity index (χ2v) is 5.34. The standard InChI is InChI=1S/C14H26N6O/c1-4-9-21-14-18-12(15-3)17-13(19-14)16-10-11(2)20-7-5-6-8-20/h11H,4-10H2,1-3H3,(H2,15,16,17,18,19). The lowest BCUT2D eigenvalue weighted by molar-refractivity contribution is 0.268. The fourth-order valence-electron chi connectivity index (χ4n) is 2.36. The first-order chi connectivity index (χ1) is 10.2. The van der Waals surface area contributed by atoms with Crippen molar-refractivity contribution in [3.8, 4) is 6.01 Å². The zero-order valence-electron chi connectivity index (χ0n) is 13.2. The normalized spacial score (nSPS) is 16.7. The fourth-order valence-corrected chi connectivity index (χ4v) is 2.36. The van der Waals surface area contributed by atoms with Gasteiger partial charge in [0.15, 0.2) is 0 Å². The topological polar surface area (TPSA) is 75.2 Å². The molecule has 0 spiro atoms. The Morgan fingerprint density at radius 2 is 1.90 bits per heavy atom. The molecule has 2 N–H and O–H groups in total. The van der Waals surface area contributed by atoms with Gasteiger partial charge in [-0.3, -0.25) is 4.90 Å². The Morgan fingerprint density at radius 1 is 1.19 bits per heavy atom. The molecular formula is C14H26N6O. The number of likely N-dealkylation sites (tertiary alicyclic amines) is 1. The highest BCUT2D eigenvalue weighted by Crippen LogP contribution is 2.14. The minimum absolute atomic E-state index is 0.368. The molecule has 2 heterocycles. The monoisotopic (exact) mass is 294 g/mol. The molecule has 1 unspecified atom stereocenters. The minimum atomic E-state index is 0.368. The summed E-state index contributed by atoms with van der Waals surface area (Å²) in [5, 5.41) is 6.22. The van der Waals surface area contributed by atoms with Crippen LogP contribution in [-0.4, -0.2) is 59.2 Å². The maximum Gasteiger partial charge on any atom is 0.323 e. The molecule has 0 radical (unpaired) electrons. The van der Waals surface area contributed by atoms with Crippen LogP contribution in [0.2, 0.25) is 0 Å². The van der Waals surface area contributed by atoms with Crippen molar-refractivity contribution < 1.29 is 4.74 Å². The molecule has 1 aliphatic rings. The van der Waals surface area contributed by atoms with Crippen molar-refractivity contribution in [3.63, 3.8) is 0 Å². The molecule has 0 amide bonds. The van der Waals surface area contributed by atoms with E-state index in [0.29, 0.717) is 30.6 Å². The summed E-state index contributed by atoms with van der Waals surface area (Å²) in [4.78, 5) is 15.3. The van der Waals surface area contributed by atoms with E-state index in [4.69, 9.17) is 4.74 Å². The lowest BCUT2D eigenvalue weighted by Crippen LogP contribution is -2.35. The third-order valence-corrected chi connectivity index (χ3v) is 3.59. The lowest BCUT2D eigenvalue weighted by atomic mass is 10.3. The maximum absolute atomic E-state index is 5.49. The zero-order chi connectivity index (χ0) is 15.1. The van der Waals surface area contributed by atoms with Crippen LogP contribution in [0.1, 0.15) is 33.1 Å². The Balaban J connectivity index is 1.94. The largest absolute Gasteiger partial charge is 0.463 e. The van der Waals surface area contributed by atoms with Gasteiger partial charge in [0.2, 0.25) is 11.9 Å². The van der Waals surface area contributed by atoms with Crippen molar-refractivity contribution >= 4 is 11.9 Å². The van der Waals surface area contributed by atoms with Gasteiger partial charge in [0.1, 0.15) is 0 Å². The quantitative estimate of drug-likeness (QED) is 0.754. The lowest BCUT2D eigenvalue weighted by Gasteiger charge is -2.23. The van der Waals surface area contributed by atoms with E-state index in [9.17, 15) is 0 Å². The highest BCUT2D eigenvalue weighted by Gasteiger charge is 2.18. The van der Waals surface area contributed by atoms with Crippen LogP contribution in [-0.2, 0) is 0 Å². The molecule has 0 bridgehead atoms. The van der Waals surface area contributed by atoms with Crippen molar-refractivity contribution in [2.24, 2.45) is 0 Å². The average Bonchev–Trinajstić information content (AvgIpc) is 3.04. The van der Waals surface area contributed by atoms with Gasteiger partial charge in [-0.05, 0) is 39.3 Å². The van der Waals surface area contributed by atoms with Gasteiger partial charge >= 0.3 is 6.01 Å². The molecule has 0 saturated carbocycles. The van der Waals surface area contributed by atoms with Crippen molar-refractivity contribution in [1.29, 1.82) is 0 Å². The van der Waals surface area contributed by atoms with Crippen LogP contribution in [0.3, 0.4) is 0 Å². The van der Waals surface area contributed by atoms with Gasteiger partial charge in [-0.25, -0.2) is 0 Å². The molecule has 1 aliphatic heterocycles. The van der Waals surface area contributed by atoms with Gasteiger partial charge < -0.3 is 15.4 Å². The van der Waals surface area contributed by atoms with E-state index < -0.39 is 0 Å². The third-order valence-electron chi connectivity index (χ3n) is 3.59. The van der Waals surface area contributed by atoms with E-state index in [-0.39, 0.29) is 0 Å². The van der Waals surface area contributed by atoms with Crippen molar-refractivity contribution in [2.75, 3.05) is 43.9 Å². The maximum atomic E-state index is 5.49. The summed E-state index contributed by atoms with van der Waals surface area (Å²) in [6, 6.07) is 0.842. The molecule has 1 fully saturated rings. The van der Waals surface area contributed by atoms with E-state index >= 15 is 0 Å². The smallest absolute Gasteiger partial charge is 0.323 e. The van der Waals surface area contributed by atoms with Gasteiger partial charge in [0.05, 0.1) is 6.61 Å². The van der Waals surface area contributed by atoms with Gasteiger partial charge in [-0.1, -0.05) is 6.92 Å². The van der Waals surface area contributed by atoms with Gasteiger partial charge in [0.25, 0.3) is 0 Å². The molecule has 7 heteroatoms. The van der Waals surface area contributed by atoms with Crippen LogP contribution in [0.25, 0.3) is 0 Å². The van der Waals surface area contributed by atoms with E-state index in [0.717, 1.165) is 13.0 Å². The van der Waals surface area contributed by atoms with Crippen molar-refractivity contribution in [2.45, 2.75) is 39.2 Å². The first-order valence-electron chi connectivity index (χ1n) is 7.77. The number of nitrogens with one attached hydrogen (secondary N) is 2. The molecule has 1 aromatic heterocycles. The zero-order valence-corrected chi connectivity index (χ0v) is 13.2. The summed E-state index contributed by atoms with van der Waals surface area (Å²) in [7, 11) is 1.79. The molecule has 2 rings (SSSR count). The van der Waals surface area contributed by atoms with Crippen LogP contribution in [0, 0.1) is 0 Å². The van der Waals surface area contributed by atoms with E-state index in [2.05, 4.69) is 44.3 Å². The molecule has 118 valence electrons. The highest BCUT2D eigenvalue weighted by atomic mass is 16.5. The van der Waals surface area contributed by atoms with Gasteiger partial charge in [-0.15, -0.1) is 0 Å². The van der Waals surface area contributed by atoms with E-state index in [1.807, 2.05) is 0 Å². The Labute approximate surface area is 126 Å². The minimum Gasteiger partial charge on any atom is -0.463 e. The molecule has 1 saturated heterocycles. The van der Waals surface area contributed by atoms with Crippen LogP contribution in [0.4, 0.5) is 11.9 Å². The molecular weight excluding hydrogens is 268 g/mol. The first-order valence-corrected chi connectivity index (χ1v) is 7.77. The van der Waals surface area contributed by atoms with Crippen molar-refractivity contribution in [1.82, 2.24) is 19.9 Å². The highest BCUT2D eigenvalue weighted by molar-refractivity contribution is 5.35. The molecule has 1 aromatic rings. The first kappa shape index (κ1) is 15.8. The Bertz CT molecular complexity index is 435. The number of hydrogen-bond acceptors (Lipinski definition) is 7. The number of anilines is 2. The fraction of sp³-hybridized carbons (Fsp3) is 0.786. The van der Waals surface area contributed by atoms with E-state index in [1.165, 1.54) is 25.9 Å². The Morgan fingerprint density at radius 3 is 2.57 bits per heavy atom. The molecule has 7 nitrogen and oxygen atoms in total.